The van der Waals surface area contributed by atoms with Gasteiger partial charge in [-0.05, 0) is 41.8 Å². The van der Waals surface area contributed by atoms with Crippen LogP contribution >= 0.6 is 11.6 Å². The van der Waals surface area contributed by atoms with Crippen LogP contribution in [0.4, 0.5) is 11.8 Å². The van der Waals surface area contributed by atoms with Gasteiger partial charge < -0.3 is 5.32 Å². The molecule has 2 aromatic carbocycles. The van der Waals surface area contributed by atoms with Crippen molar-refractivity contribution in [3.8, 4) is 11.1 Å². The molecule has 0 atom stereocenters. The SMILES string of the molecule is CCCCNc1nc(NC(C)=O)nc2ccc(-c3ccc(Cl)cc3)cc12. The first-order valence-corrected chi connectivity index (χ1v) is 9.04. The molecule has 0 saturated carbocycles. The maximum absolute atomic E-state index is 11.4. The second-order valence-electron chi connectivity index (χ2n) is 6.10. The largest absolute Gasteiger partial charge is 0.369 e. The molecule has 0 aliphatic rings. The summed E-state index contributed by atoms with van der Waals surface area (Å²) in [5.74, 6) is 0.841. The predicted molar refractivity (Wildman–Crippen MR) is 108 cm³/mol. The fourth-order valence-electron chi connectivity index (χ4n) is 2.68. The molecule has 3 aromatic rings. The van der Waals surface area contributed by atoms with E-state index in [0.717, 1.165) is 47.2 Å². The number of nitrogens with zero attached hydrogens (tertiary/aromatic N) is 2. The fraction of sp³-hybridized carbons (Fsp3) is 0.250. The van der Waals surface area contributed by atoms with E-state index in [1.165, 1.54) is 6.92 Å². The van der Waals surface area contributed by atoms with Crippen molar-refractivity contribution < 1.29 is 4.79 Å². The zero-order chi connectivity index (χ0) is 18.5. The summed E-state index contributed by atoms with van der Waals surface area (Å²) in [6.07, 6.45) is 2.13. The van der Waals surface area contributed by atoms with Crippen LogP contribution in [0.3, 0.4) is 0 Å². The molecule has 0 aliphatic carbocycles. The van der Waals surface area contributed by atoms with Gasteiger partial charge in [-0.3, -0.25) is 10.1 Å². The third-order valence-corrected chi connectivity index (χ3v) is 4.24. The molecule has 0 bridgehead atoms. The van der Waals surface area contributed by atoms with Crippen molar-refractivity contribution >= 4 is 40.2 Å². The summed E-state index contributed by atoms with van der Waals surface area (Å²) < 4.78 is 0. The summed E-state index contributed by atoms with van der Waals surface area (Å²) in [7, 11) is 0. The average Bonchev–Trinajstić information content (AvgIpc) is 2.62. The van der Waals surface area contributed by atoms with E-state index in [2.05, 4.69) is 33.6 Å². The van der Waals surface area contributed by atoms with Crippen molar-refractivity contribution in [2.24, 2.45) is 0 Å². The van der Waals surface area contributed by atoms with E-state index < -0.39 is 0 Å². The first kappa shape index (κ1) is 18.1. The van der Waals surface area contributed by atoms with Crippen LogP contribution in [0.2, 0.25) is 5.02 Å². The molecular formula is C20H21ClN4O. The Kier molecular flexibility index (Phi) is 5.68. The highest BCUT2D eigenvalue weighted by molar-refractivity contribution is 6.30. The Morgan fingerprint density at radius 1 is 1.08 bits per heavy atom. The highest BCUT2D eigenvalue weighted by Gasteiger charge is 2.10. The average molecular weight is 369 g/mol. The quantitative estimate of drug-likeness (QED) is 0.592. The third-order valence-electron chi connectivity index (χ3n) is 3.98. The van der Waals surface area contributed by atoms with E-state index in [9.17, 15) is 4.79 Å². The third kappa shape index (κ3) is 4.29. The summed E-state index contributed by atoms with van der Waals surface area (Å²) >= 11 is 5.98. The number of aromatic nitrogens is 2. The van der Waals surface area contributed by atoms with Gasteiger partial charge in [-0.25, -0.2) is 4.98 Å². The molecule has 26 heavy (non-hydrogen) atoms. The van der Waals surface area contributed by atoms with Crippen LogP contribution in [0.25, 0.3) is 22.0 Å². The van der Waals surface area contributed by atoms with Gasteiger partial charge in [-0.15, -0.1) is 0 Å². The Bertz CT molecular complexity index is 925. The number of nitrogens with one attached hydrogen (secondary N) is 2. The summed E-state index contributed by atoms with van der Waals surface area (Å²) in [5.41, 5.74) is 2.91. The molecule has 3 rings (SSSR count). The summed E-state index contributed by atoms with van der Waals surface area (Å²) in [5, 5.41) is 7.66. The van der Waals surface area contributed by atoms with Gasteiger partial charge in [0.15, 0.2) is 0 Å². The summed E-state index contributed by atoms with van der Waals surface area (Å²) in [6.45, 7) is 4.40. The minimum atomic E-state index is -0.193. The molecule has 0 radical (unpaired) electrons. The lowest BCUT2D eigenvalue weighted by atomic mass is 10.0. The van der Waals surface area contributed by atoms with Crippen LogP contribution in [0.1, 0.15) is 26.7 Å². The topological polar surface area (TPSA) is 66.9 Å². The summed E-state index contributed by atoms with van der Waals surface area (Å²) in [6, 6.07) is 13.7. The van der Waals surface area contributed by atoms with Gasteiger partial charge in [-0.2, -0.15) is 4.98 Å². The number of hydrogen-bond donors (Lipinski definition) is 2. The molecular weight excluding hydrogens is 348 g/mol. The number of anilines is 2. The van der Waals surface area contributed by atoms with E-state index in [1.54, 1.807) is 0 Å². The van der Waals surface area contributed by atoms with E-state index in [1.807, 2.05) is 36.4 Å². The van der Waals surface area contributed by atoms with Gasteiger partial charge in [0.1, 0.15) is 5.82 Å². The van der Waals surface area contributed by atoms with E-state index in [0.29, 0.717) is 11.0 Å². The number of amides is 1. The minimum absolute atomic E-state index is 0.193. The maximum Gasteiger partial charge on any atom is 0.231 e. The Labute approximate surface area is 157 Å². The van der Waals surface area contributed by atoms with Gasteiger partial charge in [0, 0.05) is 23.9 Å². The minimum Gasteiger partial charge on any atom is -0.369 e. The number of unbranched alkanes of at least 4 members (excludes halogenated alkanes) is 1. The number of hydrogen-bond acceptors (Lipinski definition) is 4. The number of benzene rings is 2. The lowest BCUT2D eigenvalue weighted by Gasteiger charge is -2.12. The predicted octanol–water partition coefficient (Wildman–Crippen LogP) is 5.12. The smallest absolute Gasteiger partial charge is 0.231 e. The van der Waals surface area contributed by atoms with Crippen molar-refractivity contribution in [2.75, 3.05) is 17.2 Å². The number of halogens is 1. The lowest BCUT2D eigenvalue weighted by molar-refractivity contribution is -0.114. The van der Waals surface area contributed by atoms with Crippen molar-refractivity contribution in [2.45, 2.75) is 26.7 Å². The van der Waals surface area contributed by atoms with Crippen LogP contribution in [0.15, 0.2) is 42.5 Å². The van der Waals surface area contributed by atoms with Gasteiger partial charge in [0.25, 0.3) is 0 Å². The maximum atomic E-state index is 11.4. The number of fused-ring (bicyclic) bond motifs is 1. The molecule has 0 aliphatic heterocycles. The van der Waals surface area contributed by atoms with Crippen LogP contribution < -0.4 is 10.6 Å². The normalized spacial score (nSPS) is 10.7. The molecule has 1 aromatic heterocycles. The van der Waals surface area contributed by atoms with Gasteiger partial charge in [0.2, 0.25) is 11.9 Å². The van der Waals surface area contributed by atoms with Gasteiger partial charge in [-0.1, -0.05) is 43.1 Å². The van der Waals surface area contributed by atoms with E-state index in [4.69, 9.17) is 11.6 Å². The highest BCUT2D eigenvalue weighted by Crippen LogP contribution is 2.29. The zero-order valence-corrected chi connectivity index (χ0v) is 15.6. The first-order valence-electron chi connectivity index (χ1n) is 8.66. The number of rotatable bonds is 6. The molecule has 0 spiro atoms. The van der Waals surface area contributed by atoms with Crippen LogP contribution in [-0.2, 0) is 4.79 Å². The molecule has 2 N–H and O–H groups in total. The lowest BCUT2D eigenvalue weighted by Crippen LogP contribution is -2.12. The van der Waals surface area contributed by atoms with Crippen LogP contribution in [0.5, 0.6) is 0 Å². The molecule has 6 heteroatoms. The Morgan fingerprint density at radius 3 is 2.50 bits per heavy atom. The second kappa shape index (κ2) is 8.15. The number of carbonyl (C=O) groups excluding carboxylic acids is 1. The first-order chi connectivity index (χ1) is 12.6. The Morgan fingerprint density at radius 2 is 1.81 bits per heavy atom. The van der Waals surface area contributed by atoms with E-state index >= 15 is 0 Å². The van der Waals surface area contributed by atoms with Crippen molar-refractivity contribution in [3.63, 3.8) is 0 Å². The Hall–Kier alpha value is -2.66. The molecule has 1 amide bonds. The molecule has 1 heterocycles. The molecule has 0 saturated heterocycles. The molecule has 0 fully saturated rings. The van der Waals surface area contributed by atoms with Crippen molar-refractivity contribution in [1.82, 2.24) is 9.97 Å². The fourth-order valence-corrected chi connectivity index (χ4v) is 2.81. The van der Waals surface area contributed by atoms with Gasteiger partial charge >= 0.3 is 0 Å². The van der Waals surface area contributed by atoms with Crippen molar-refractivity contribution in [3.05, 3.63) is 47.5 Å². The second-order valence-corrected chi connectivity index (χ2v) is 6.53. The van der Waals surface area contributed by atoms with Crippen LogP contribution in [-0.4, -0.2) is 22.4 Å². The van der Waals surface area contributed by atoms with Crippen LogP contribution in [0, 0.1) is 0 Å². The van der Waals surface area contributed by atoms with Gasteiger partial charge in [0.05, 0.1) is 5.52 Å². The van der Waals surface area contributed by atoms with E-state index in [-0.39, 0.29) is 5.91 Å². The van der Waals surface area contributed by atoms with Crippen molar-refractivity contribution in [1.29, 1.82) is 0 Å². The monoisotopic (exact) mass is 368 g/mol. The molecule has 5 nitrogen and oxygen atoms in total. The Balaban J connectivity index is 2.05. The highest BCUT2D eigenvalue weighted by atomic mass is 35.5. The molecule has 0 unspecified atom stereocenters. The summed E-state index contributed by atoms with van der Waals surface area (Å²) in [4.78, 5) is 20.3. The zero-order valence-electron chi connectivity index (χ0n) is 14.8. The standard InChI is InChI=1S/C20H21ClN4O/c1-3-4-11-22-19-17-12-15(14-5-8-16(21)9-6-14)7-10-18(17)24-20(25-19)23-13(2)26/h5-10,12H,3-4,11H2,1-2H3,(H2,22,23,24,25,26). The number of carbonyl (C=O) groups is 1. The molecule has 134 valence electrons.